The number of amides is 1. The zero-order valence-corrected chi connectivity index (χ0v) is 18.9. The summed E-state index contributed by atoms with van der Waals surface area (Å²) >= 11 is 1.30. The third-order valence-corrected chi connectivity index (χ3v) is 5.77. The molecule has 0 aliphatic rings. The van der Waals surface area contributed by atoms with Crippen molar-refractivity contribution in [2.75, 3.05) is 26.3 Å². The maximum Gasteiger partial charge on any atom is 0.280 e. The van der Waals surface area contributed by atoms with Gasteiger partial charge >= 0.3 is 0 Å². The molecule has 0 saturated heterocycles. The first kappa shape index (κ1) is 22.2. The average Bonchev–Trinajstić information content (AvgIpc) is 3.27. The van der Waals surface area contributed by atoms with Gasteiger partial charge in [0.05, 0.1) is 37.8 Å². The molecule has 1 amide bonds. The van der Waals surface area contributed by atoms with Gasteiger partial charge in [-0.05, 0) is 54.1 Å². The van der Waals surface area contributed by atoms with Crippen LogP contribution in [0.4, 0.5) is 9.52 Å². The molecule has 0 radical (unpaired) electrons. The fourth-order valence-electron chi connectivity index (χ4n) is 3.06. The number of halogens is 1. The van der Waals surface area contributed by atoms with Crippen LogP contribution in [0.2, 0.25) is 0 Å². The van der Waals surface area contributed by atoms with Crippen LogP contribution in [0.15, 0.2) is 65.8 Å². The predicted octanol–water partition coefficient (Wildman–Crippen LogP) is 5.14. The van der Waals surface area contributed by atoms with E-state index in [0.29, 0.717) is 39.0 Å². The summed E-state index contributed by atoms with van der Waals surface area (Å²) in [6.45, 7) is 0. The molecule has 4 rings (SSSR count). The highest BCUT2D eigenvalue weighted by Gasteiger charge is 2.22. The lowest BCUT2D eigenvalue weighted by Gasteiger charge is -2.15. The van der Waals surface area contributed by atoms with E-state index in [4.69, 9.17) is 14.2 Å². The molecule has 0 saturated carbocycles. The maximum absolute atomic E-state index is 13.5. The molecular formula is C24H20FN3O4S. The van der Waals surface area contributed by atoms with Crippen LogP contribution in [-0.2, 0) is 0 Å². The summed E-state index contributed by atoms with van der Waals surface area (Å²) in [5.74, 6) is 0.832. The van der Waals surface area contributed by atoms with Crippen molar-refractivity contribution < 1.29 is 23.4 Å². The van der Waals surface area contributed by atoms with Gasteiger partial charge in [0, 0.05) is 5.56 Å². The van der Waals surface area contributed by atoms with Crippen molar-refractivity contribution >= 4 is 38.8 Å². The fourth-order valence-corrected chi connectivity index (χ4v) is 4.01. The van der Waals surface area contributed by atoms with Gasteiger partial charge in [0.1, 0.15) is 11.6 Å². The van der Waals surface area contributed by atoms with Gasteiger partial charge in [0.15, 0.2) is 11.5 Å². The van der Waals surface area contributed by atoms with E-state index in [1.165, 1.54) is 48.9 Å². The van der Waals surface area contributed by atoms with Gasteiger partial charge in [0.2, 0.25) is 5.13 Å². The molecule has 0 bridgehead atoms. The number of hydrazone groups is 1. The van der Waals surface area contributed by atoms with Crippen LogP contribution in [0.5, 0.6) is 17.2 Å². The monoisotopic (exact) mass is 465 g/mol. The number of carbonyl (C=O) groups is 1. The number of hydrogen-bond acceptors (Lipinski definition) is 7. The first-order chi connectivity index (χ1) is 16.0. The summed E-state index contributed by atoms with van der Waals surface area (Å²) in [4.78, 5) is 18.1. The van der Waals surface area contributed by atoms with Gasteiger partial charge < -0.3 is 14.2 Å². The molecule has 0 spiro atoms. The summed E-state index contributed by atoms with van der Waals surface area (Å²) in [5, 5.41) is 5.97. The minimum absolute atomic E-state index is 0.334. The van der Waals surface area contributed by atoms with Crippen LogP contribution < -0.4 is 19.2 Å². The number of anilines is 1. The van der Waals surface area contributed by atoms with Gasteiger partial charge in [-0.25, -0.2) is 9.37 Å². The van der Waals surface area contributed by atoms with Crippen LogP contribution in [0.3, 0.4) is 0 Å². The molecule has 1 aromatic heterocycles. The van der Waals surface area contributed by atoms with Gasteiger partial charge in [-0.2, -0.15) is 10.1 Å². The van der Waals surface area contributed by atoms with Gasteiger partial charge in [-0.3, -0.25) is 4.79 Å². The smallest absolute Gasteiger partial charge is 0.280 e. The number of nitrogens with zero attached hydrogens (tertiary/aromatic N) is 3. The van der Waals surface area contributed by atoms with E-state index in [1.54, 1.807) is 43.5 Å². The van der Waals surface area contributed by atoms with Crippen LogP contribution in [-0.4, -0.2) is 38.4 Å². The number of fused-ring (bicyclic) bond motifs is 1. The van der Waals surface area contributed by atoms with Gasteiger partial charge in [-0.15, -0.1) is 0 Å². The molecule has 4 aromatic rings. The summed E-state index contributed by atoms with van der Waals surface area (Å²) in [6.07, 6.45) is 1.48. The molecule has 0 N–H and O–H groups in total. The second kappa shape index (κ2) is 9.66. The van der Waals surface area contributed by atoms with Crippen LogP contribution in [0.25, 0.3) is 10.2 Å². The molecular weight excluding hydrogens is 445 g/mol. The van der Waals surface area contributed by atoms with Crippen molar-refractivity contribution in [2.45, 2.75) is 0 Å². The summed E-state index contributed by atoms with van der Waals surface area (Å²) in [7, 11) is 4.61. The van der Waals surface area contributed by atoms with E-state index in [2.05, 4.69) is 10.1 Å². The van der Waals surface area contributed by atoms with Crippen molar-refractivity contribution in [3.05, 3.63) is 77.6 Å². The molecule has 1 heterocycles. The lowest BCUT2D eigenvalue weighted by Crippen LogP contribution is -2.25. The third-order valence-electron chi connectivity index (χ3n) is 4.78. The molecule has 168 valence electrons. The lowest BCUT2D eigenvalue weighted by atomic mass is 10.2. The number of aromatic nitrogens is 1. The van der Waals surface area contributed by atoms with Crippen LogP contribution in [0, 0.1) is 5.82 Å². The van der Waals surface area contributed by atoms with Gasteiger partial charge in [0.25, 0.3) is 5.91 Å². The Morgan fingerprint density at radius 1 is 0.970 bits per heavy atom. The first-order valence-corrected chi connectivity index (χ1v) is 10.6. The average molecular weight is 466 g/mol. The third kappa shape index (κ3) is 4.78. The van der Waals surface area contributed by atoms with Crippen LogP contribution >= 0.6 is 11.3 Å². The Labute approximate surface area is 193 Å². The molecule has 0 unspecified atom stereocenters. The highest BCUT2D eigenvalue weighted by Crippen LogP contribution is 2.34. The Hall–Kier alpha value is -3.98. The molecule has 7 nitrogen and oxygen atoms in total. The second-order valence-corrected chi connectivity index (χ2v) is 7.82. The predicted molar refractivity (Wildman–Crippen MR) is 127 cm³/mol. The quantitative estimate of drug-likeness (QED) is 0.279. The van der Waals surface area contributed by atoms with E-state index in [1.807, 2.05) is 12.1 Å². The molecule has 0 fully saturated rings. The Balaban J connectivity index is 1.77. The Morgan fingerprint density at radius 2 is 1.73 bits per heavy atom. The standard InChI is InChI=1S/C24H20FN3O4S/c1-30-18-9-10-19-22(13-18)33-24(27-19)28(26-14-15-4-7-17(25)8-5-15)23(29)16-6-11-20(31-2)21(12-16)32-3/h4-14H,1-3H3/b26-14+. The van der Waals surface area contributed by atoms with E-state index >= 15 is 0 Å². The number of benzene rings is 3. The highest BCUT2D eigenvalue weighted by molar-refractivity contribution is 7.22. The Kier molecular flexibility index (Phi) is 6.50. The topological polar surface area (TPSA) is 73.2 Å². The first-order valence-electron chi connectivity index (χ1n) is 9.83. The van der Waals surface area contributed by atoms with E-state index in [0.717, 1.165) is 4.70 Å². The maximum atomic E-state index is 13.5. The fraction of sp³-hybridized carbons (Fsp3) is 0.125. The lowest BCUT2D eigenvalue weighted by molar-refractivity contribution is 0.0987. The van der Waals surface area contributed by atoms with Crippen molar-refractivity contribution in [3.63, 3.8) is 0 Å². The molecule has 0 atom stereocenters. The van der Waals surface area contributed by atoms with E-state index in [-0.39, 0.29) is 5.82 Å². The number of thiazole rings is 1. The van der Waals surface area contributed by atoms with Crippen molar-refractivity contribution in [1.29, 1.82) is 0 Å². The molecule has 9 heteroatoms. The number of rotatable bonds is 7. The minimum atomic E-state index is -0.416. The molecule has 0 aliphatic carbocycles. The summed E-state index contributed by atoms with van der Waals surface area (Å²) in [5.41, 5.74) is 1.67. The zero-order valence-electron chi connectivity index (χ0n) is 18.1. The van der Waals surface area contributed by atoms with E-state index in [9.17, 15) is 9.18 Å². The molecule has 3 aromatic carbocycles. The number of methoxy groups -OCH3 is 3. The SMILES string of the molecule is COc1ccc2nc(N(/N=C/c3ccc(F)cc3)C(=O)c3ccc(OC)c(OC)c3)sc2c1. The summed E-state index contributed by atoms with van der Waals surface area (Å²) < 4.78 is 30.0. The largest absolute Gasteiger partial charge is 0.497 e. The van der Waals surface area contributed by atoms with Crippen LogP contribution in [0.1, 0.15) is 15.9 Å². The number of ether oxygens (including phenoxy) is 3. The summed E-state index contributed by atoms with van der Waals surface area (Å²) in [6, 6.07) is 16.1. The Bertz CT molecular complexity index is 1320. The highest BCUT2D eigenvalue weighted by atomic mass is 32.1. The molecule has 33 heavy (non-hydrogen) atoms. The number of hydrogen-bond donors (Lipinski definition) is 0. The zero-order chi connectivity index (χ0) is 23.4. The van der Waals surface area contributed by atoms with Crippen molar-refractivity contribution in [2.24, 2.45) is 5.10 Å². The van der Waals surface area contributed by atoms with E-state index < -0.39 is 5.91 Å². The minimum Gasteiger partial charge on any atom is -0.497 e. The molecule has 0 aliphatic heterocycles. The number of carbonyl (C=O) groups excluding carboxylic acids is 1. The van der Waals surface area contributed by atoms with Crippen molar-refractivity contribution in [3.8, 4) is 17.2 Å². The Morgan fingerprint density at radius 3 is 2.42 bits per heavy atom. The second-order valence-electron chi connectivity index (χ2n) is 6.81. The van der Waals surface area contributed by atoms with Gasteiger partial charge in [-0.1, -0.05) is 23.5 Å². The van der Waals surface area contributed by atoms with Crippen molar-refractivity contribution in [1.82, 2.24) is 4.98 Å². The normalized spacial score (nSPS) is 11.0.